The Labute approximate surface area is 127 Å². The number of carbonyl (C=O) groups excluding carboxylic acids is 2. The second kappa shape index (κ2) is 6.77. The van der Waals surface area contributed by atoms with Crippen molar-refractivity contribution in [3.05, 3.63) is 23.8 Å². The number of aryl methyl sites for hydroxylation is 1. The maximum absolute atomic E-state index is 11.7. The van der Waals surface area contributed by atoms with E-state index >= 15 is 0 Å². The molecule has 1 aromatic carbocycles. The summed E-state index contributed by atoms with van der Waals surface area (Å²) in [6.07, 6.45) is -1.08. The summed E-state index contributed by atoms with van der Waals surface area (Å²) >= 11 is 0. The molecule has 0 aromatic heterocycles. The van der Waals surface area contributed by atoms with Crippen LogP contribution in [0.1, 0.15) is 12.5 Å². The van der Waals surface area contributed by atoms with Crippen LogP contribution in [0.15, 0.2) is 23.1 Å². The van der Waals surface area contributed by atoms with E-state index in [0.29, 0.717) is 5.56 Å². The monoisotopic (exact) mass is 334 g/mol. The van der Waals surface area contributed by atoms with E-state index in [0.717, 1.165) is 0 Å². The number of carbonyl (C=O) groups is 2. The van der Waals surface area contributed by atoms with Crippen LogP contribution in [-0.4, -0.2) is 33.5 Å². The fourth-order valence-electron chi connectivity index (χ4n) is 1.42. The molecule has 7 nitrogen and oxygen atoms in total. The van der Waals surface area contributed by atoms with Crippen LogP contribution in [0, 0.1) is 6.92 Å². The van der Waals surface area contributed by atoms with Gasteiger partial charge in [0.2, 0.25) is 0 Å². The summed E-state index contributed by atoms with van der Waals surface area (Å²) in [5.74, 6) is -0.775. The molecule has 1 aromatic rings. The fraction of sp³-hybridized carbons (Fsp3) is 0.333. The Hall–Kier alpha value is -1.80. The highest BCUT2D eigenvalue weighted by Gasteiger charge is 2.22. The summed E-state index contributed by atoms with van der Waals surface area (Å²) < 4.78 is 28.3. The van der Waals surface area contributed by atoms with Gasteiger partial charge in [0.15, 0.2) is 6.10 Å². The Bertz CT molecular complexity index is 660. The van der Waals surface area contributed by atoms with Gasteiger partial charge in [0.25, 0.3) is 15.0 Å². The van der Waals surface area contributed by atoms with Gasteiger partial charge in [-0.2, -0.15) is 0 Å². The number of imide groups is 1. The molecule has 0 bridgehead atoms. The van der Waals surface area contributed by atoms with Crippen LogP contribution >= 0.6 is 10.7 Å². The third-order valence-corrected chi connectivity index (χ3v) is 3.84. The largest absolute Gasteiger partial charge is 0.479 e. The molecule has 0 spiro atoms. The summed E-state index contributed by atoms with van der Waals surface area (Å²) in [6.45, 7) is 3.07. The molecule has 2 N–H and O–H groups in total. The molecule has 0 aliphatic heterocycles. The van der Waals surface area contributed by atoms with Crippen LogP contribution in [0.5, 0.6) is 5.75 Å². The van der Waals surface area contributed by atoms with Crippen molar-refractivity contribution in [1.29, 1.82) is 0 Å². The molecule has 0 saturated carbocycles. The van der Waals surface area contributed by atoms with Gasteiger partial charge in [-0.3, -0.25) is 10.1 Å². The number of hydrogen-bond donors (Lipinski definition) is 2. The van der Waals surface area contributed by atoms with Gasteiger partial charge in [-0.25, -0.2) is 13.2 Å². The number of hydrogen-bond acceptors (Lipinski definition) is 5. The smallest absolute Gasteiger partial charge is 0.321 e. The van der Waals surface area contributed by atoms with Gasteiger partial charge in [0.05, 0.1) is 0 Å². The summed E-state index contributed by atoms with van der Waals surface area (Å²) in [5.41, 5.74) is 0.670. The molecule has 1 atom stereocenters. The van der Waals surface area contributed by atoms with Gasteiger partial charge in [0.1, 0.15) is 10.6 Å². The first-order chi connectivity index (χ1) is 9.65. The van der Waals surface area contributed by atoms with Gasteiger partial charge in [0, 0.05) is 17.7 Å². The maximum Gasteiger partial charge on any atom is 0.321 e. The van der Waals surface area contributed by atoms with E-state index in [1.54, 1.807) is 13.0 Å². The second-order valence-electron chi connectivity index (χ2n) is 4.22. The summed E-state index contributed by atoms with van der Waals surface area (Å²) in [4.78, 5) is 22.5. The third kappa shape index (κ3) is 4.91. The quantitative estimate of drug-likeness (QED) is 0.804. The lowest BCUT2D eigenvalue weighted by Gasteiger charge is -2.16. The van der Waals surface area contributed by atoms with Crippen molar-refractivity contribution in [3.8, 4) is 5.75 Å². The number of ether oxygens (including phenoxy) is 1. The highest BCUT2D eigenvalue weighted by Crippen LogP contribution is 2.28. The van der Waals surface area contributed by atoms with E-state index in [9.17, 15) is 18.0 Å². The molecular weight excluding hydrogens is 320 g/mol. The SMILES string of the molecule is CNC(=O)NC(=O)C(C)Oc1ccc(C)cc1S(=O)(=O)Cl. The predicted molar refractivity (Wildman–Crippen MR) is 76.9 cm³/mol. The zero-order chi connectivity index (χ0) is 16.2. The van der Waals surface area contributed by atoms with E-state index in [2.05, 4.69) is 5.32 Å². The number of halogens is 1. The zero-order valence-corrected chi connectivity index (χ0v) is 13.2. The molecule has 9 heteroatoms. The Morgan fingerprint density at radius 2 is 1.95 bits per heavy atom. The number of benzene rings is 1. The summed E-state index contributed by atoms with van der Waals surface area (Å²) in [7, 11) is 2.67. The Balaban J connectivity index is 2.98. The van der Waals surface area contributed by atoms with Crippen molar-refractivity contribution in [3.63, 3.8) is 0 Å². The maximum atomic E-state index is 11.7. The van der Waals surface area contributed by atoms with Crippen LogP contribution in [0.3, 0.4) is 0 Å². The van der Waals surface area contributed by atoms with Gasteiger partial charge < -0.3 is 10.1 Å². The van der Waals surface area contributed by atoms with Crippen molar-refractivity contribution in [2.45, 2.75) is 24.8 Å². The van der Waals surface area contributed by atoms with Gasteiger partial charge >= 0.3 is 6.03 Å². The molecule has 0 saturated heterocycles. The van der Waals surface area contributed by atoms with Crippen molar-refractivity contribution in [2.24, 2.45) is 0 Å². The van der Waals surface area contributed by atoms with Crippen LogP contribution in [-0.2, 0) is 13.8 Å². The lowest BCUT2D eigenvalue weighted by Crippen LogP contribution is -2.44. The minimum atomic E-state index is -4.02. The molecule has 0 radical (unpaired) electrons. The normalized spacial score (nSPS) is 12.4. The van der Waals surface area contributed by atoms with Crippen molar-refractivity contribution in [1.82, 2.24) is 10.6 Å². The first-order valence-corrected chi connectivity index (χ1v) is 8.20. The first-order valence-electron chi connectivity index (χ1n) is 5.89. The van der Waals surface area contributed by atoms with E-state index < -0.39 is 27.1 Å². The van der Waals surface area contributed by atoms with Crippen LogP contribution < -0.4 is 15.4 Å². The summed E-state index contributed by atoms with van der Waals surface area (Å²) in [6, 6.07) is 3.66. The molecule has 21 heavy (non-hydrogen) atoms. The highest BCUT2D eigenvalue weighted by atomic mass is 35.7. The fourth-order valence-corrected chi connectivity index (χ4v) is 2.47. The third-order valence-electron chi connectivity index (χ3n) is 2.50. The first kappa shape index (κ1) is 17.3. The van der Waals surface area contributed by atoms with Gasteiger partial charge in [-0.05, 0) is 31.5 Å². The van der Waals surface area contributed by atoms with Crippen LogP contribution in [0.25, 0.3) is 0 Å². The van der Waals surface area contributed by atoms with E-state index in [4.69, 9.17) is 15.4 Å². The lowest BCUT2D eigenvalue weighted by molar-refractivity contribution is -0.126. The van der Waals surface area contributed by atoms with Crippen molar-refractivity contribution in [2.75, 3.05) is 7.05 Å². The average Bonchev–Trinajstić information content (AvgIpc) is 2.39. The molecule has 1 unspecified atom stereocenters. The van der Waals surface area contributed by atoms with E-state index in [1.165, 1.54) is 26.1 Å². The molecule has 0 fully saturated rings. The Morgan fingerprint density at radius 1 is 1.33 bits per heavy atom. The molecule has 1 rings (SSSR count). The molecule has 3 amide bonds. The van der Waals surface area contributed by atoms with Gasteiger partial charge in [-0.1, -0.05) is 6.07 Å². The summed E-state index contributed by atoms with van der Waals surface area (Å²) in [5, 5.41) is 4.24. The van der Waals surface area contributed by atoms with E-state index in [-0.39, 0.29) is 10.6 Å². The predicted octanol–water partition coefficient (Wildman–Crippen LogP) is 1.15. The number of nitrogens with one attached hydrogen (secondary N) is 2. The average molecular weight is 335 g/mol. The number of amides is 3. The minimum absolute atomic E-state index is 0.0600. The number of rotatable bonds is 4. The van der Waals surface area contributed by atoms with Crippen LogP contribution in [0.4, 0.5) is 4.79 Å². The second-order valence-corrected chi connectivity index (χ2v) is 6.75. The topological polar surface area (TPSA) is 102 Å². The van der Waals surface area contributed by atoms with Crippen molar-refractivity contribution >= 4 is 31.7 Å². The molecule has 0 heterocycles. The minimum Gasteiger partial charge on any atom is -0.479 e. The zero-order valence-electron chi connectivity index (χ0n) is 11.6. The molecule has 0 aliphatic carbocycles. The molecular formula is C12H15ClN2O5S. The van der Waals surface area contributed by atoms with Gasteiger partial charge in [-0.15, -0.1) is 0 Å². The Kier molecular flexibility index (Phi) is 5.56. The molecule has 0 aliphatic rings. The molecule has 116 valence electrons. The Morgan fingerprint density at radius 3 is 2.48 bits per heavy atom. The lowest BCUT2D eigenvalue weighted by atomic mass is 10.2. The standard InChI is InChI=1S/C12H15ClN2O5S/c1-7-4-5-9(10(6-7)21(13,18)19)20-8(2)11(16)15-12(17)14-3/h4-6,8H,1-3H3,(H2,14,15,16,17). The van der Waals surface area contributed by atoms with Crippen molar-refractivity contribution < 1.29 is 22.7 Å². The number of urea groups is 1. The van der Waals surface area contributed by atoms with Crippen LogP contribution in [0.2, 0.25) is 0 Å². The highest BCUT2D eigenvalue weighted by molar-refractivity contribution is 8.13. The van der Waals surface area contributed by atoms with E-state index in [1.807, 2.05) is 5.32 Å².